The maximum absolute atomic E-state index is 12.4. The molecule has 1 fully saturated rings. The van der Waals surface area contributed by atoms with Crippen molar-refractivity contribution >= 4 is 17.8 Å². The molecule has 0 radical (unpaired) electrons. The topological polar surface area (TPSA) is 113 Å². The Balaban J connectivity index is 1.98. The molecule has 190 valence electrons. The van der Waals surface area contributed by atoms with Gasteiger partial charge in [0, 0.05) is 24.8 Å². The van der Waals surface area contributed by atoms with E-state index >= 15 is 0 Å². The quantitative estimate of drug-likeness (QED) is 0.355. The van der Waals surface area contributed by atoms with Crippen LogP contribution in [0.15, 0.2) is 36.0 Å². The van der Waals surface area contributed by atoms with Crippen molar-refractivity contribution in [2.24, 2.45) is 11.8 Å². The van der Waals surface area contributed by atoms with Crippen LogP contribution >= 0.6 is 0 Å². The highest BCUT2D eigenvalue weighted by Gasteiger charge is 2.27. The van der Waals surface area contributed by atoms with Crippen LogP contribution in [0.2, 0.25) is 0 Å². The van der Waals surface area contributed by atoms with Gasteiger partial charge in [-0.15, -0.1) is 0 Å². The van der Waals surface area contributed by atoms with Crippen molar-refractivity contribution in [2.45, 2.75) is 77.6 Å². The molecule has 0 aromatic rings. The summed E-state index contributed by atoms with van der Waals surface area (Å²) >= 11 is 0. The predicted molar refractivity (Wildman–Crippen MR) is 128 cm³/mol. The fourth-order valence-corrected chi connectivity index (χ4v) is 3.94. The van der Waals surface area contributed by atoms with Gasteiger partial charge in [-0.2, -0.15) is 0 Å². The molecule has 2 N–H and O–H groups in total. The number of allylic oxidation sites excluding steroid dienone is 2. The van der Waals surface area contributed by atoms with E-state index in [9.17, 15) is 24.6 Å². The third kappa shape index (κ3) is 9.43. The van der Waals surface area contributed by atoms with Crippen LogP contribution in [0.5, 0.6) is 0 Å². The number of carbonyl (C=O) groups excluding carboxylic acids is 3. The first-order chi connectivity index (χ1) is 16.0. The van der Waals surface area contributed by atoms with E-state index in [1.807, 2.05) is 51.2 Å². The van der Waals surface area contributed by atoms with Crippen molar-refractivity contribution in [1.82, 2.24) is 4.90 Å². The highest BCUT2D eigenvalue weighted by atomic mass is 16.6. The molecule has 2 aliphatic heterocycles. The summed E-state index contributed by atoms with van der Waals surface area (Å²) in [5, 5.41) is 20.6. The number of cyclic esters (lactones) is 1. The second-order valence-corrected chi connectivity index (χ2v) is 9.86. The average molecular weight is 478 g/mol. The SMILES string of the molecule is C/C(=C\C=C\[C@@H](C)COC(=O)N1CCC(=O)C1)[C@H]1OC(=O)C[C@H](O)CC[C@@](C)(O)C/C=C/[C@@H]1C. The number of Topliss-reactive ketones (excluding diaryl/α,β-unsaturated/α-hetero) is 1. The lowest BCUT2D eigenvalue weighted by Crippen LogP contribution is -2.30. The third-order valence-electron chi connectivity index (χ3n) is 6.15. The van der Waals surface area contributed by atoms with Gasteiger partial charge in [-0.1, -0.05) is 44.2 Å². The molecule has 0 saturated carbocycles. The van der Waals surface area contributed by atoms with Crippen molar-refractivity contribution in [3.8, 4) is 0 Å². The molecule has 1 saturated heterocycles. The summed E-state index contributed by atoms with van der Waals surface area (Å²) in [5.41, 5.74) is -0.104. The molecule has 0 aromatic carbocycles. The number of aliphatic hydroxyl groups is 2. The Kier molecular flexibility index (Phi) is 10.5. The van der Waals surface area contributed by atoms with Gasteiger partial charge in [-0.25, -0.2) is 4.79 Å². The monoisotopic (exact) mass is 477 g/mol. The molecule has 34 heavy (non-hydrogen) atoms. The minimum absolute atomic E-state index is 0.0418. The summed E-state index contributed by atoms with van der Waals surface area (Å²) in [6.45, 7) is 8.18. The summed E-state index contributed by atoms with van der Waals surface area (Å²) in [5.74, 6) is -0.598. The van der Waals surface area contributed by atoms with Crippen molar-refractivity contribution in [2.75, 3.05) is 19.7 Å². The number of nitrogens with zero attached hydrogens (tertiary/aromatic N) is 1. The van der Waals surface area contributed by atoms with Gasteiger partial charge in [-0.05, 0) is 38.7 Å². The zero-order valence-electron chi connectivity index (χ0n) is 20.7. The van der Waals surface area contributed by atoms with Gasteiger partial charge in [0.15, 0.2) is 5.78 Å². The lowest BCUT2D eigenvalue weighted by atomic mass is 9.91. The van der Waals surface area contributed by atoms with Crippen molar-refractivity contribution < 1.29 is 34.1 Å². The predicted octanol–water partition coefficient (Wildman–Crippen LogP) is 3.33. The van der Waals surface area contributed by atoms with Gasteiger partial charge in [0.05, 0.1) is 31.3 Å². The molecule has 8 heteroatoms. The molecule has 2 rings (SSSR count). The molecule has 0 aliphatic carbocycles. The number of hydrogen-bond donors (Lipinski definition) is 2. The Morgan fingerprint density at radius 3 is 2.82 bits per heavy atom. The summed E-state index contributed by atoms with van der Waals surface area (Å²) < 4.78 is 11.0. The Morgan fingerprint density at radius 1 is 1.41 bits per heavy atom. The molecule has 2 aliphatic rings. The second-order valence-electron chi connectivity index (χ2n) is 9.86. The lowest BCUT2D eigenvalue weighted by Gasteiger charge is -2.27. The van der Waals surface area contributed by atoms with Crippen LogP contribution in [-0.2, 0) is 19.1 Å². The van der Waals surface area contributed by atoms with E-state index in [-0.39, 0.29) is 37.2 Å². The third-order valence-corrected chi connectivity index (χ3v) is 6.15. The summed E-state index contributed by atoms with van der Waals surface area (Å²) in [6.07, 6.45) is 9.04. The maximum Gasteiger partial charge on any atom is 0.410 e. The Bertz CT molecular complexity index is 814. The molecule has 5 atom stereocenters. The van der Waals surface area contributed by atoms with E-state index < -0.39 is 29.9 Å². The minimum atomic E-state index is -0.937. The van der Waals surface area contributed by atoms with E-state index in [1.165, 1.54) is 4.90 Å². The molecule has 0 unspecified atom stereocenters. The minimum Gasteiger partial charge on any atom is -0.457 e. The fraction of sp³-hybridized carbons (Fsp3) is 0.654. The molecule has 2 heterocycles. The molecule has 0 spiro atoms. The van der Waals surface area contributed by atoms with E-state index in [0.717, 1.165) is 5.57 Å². The summed E-state index contributed by atoms with van der Waals surface area (Å²) in [6, 6.07) is 0. The van der Waals surface area contributed by atoms with Crippen molar-refractivity contribution in [3.05, 3.63) is 36.0 Å². The Labute approximate surface area is 202 Å². The number of likely N-dealkylation sites (tertiary alicyclic amines) is 1. The first-order valence-electron chi connectivity index (χ1n) is 12.0. The lowest BCUT2D eigenvalue weighted by molar-refractivity contribution is -0.151. The molecular weight excluding hydrogens is 438 g/mol. The molecule has 0 bridgehead atoms. The van der Waals surface area contributed by atoms with E-state index in [4.69, 9.17) is 9.47 Å². The molecule has 1 amide bonds. The number of amides is 1. The van der Waals surface area contributed by atoms with Crippen LogP contribution in [0.1, 0.15) is 59.8 Å². The first-order valence-corrected chi connectivity index (χ1v) is 12.0. The fourth-order valence-electron chi connectivity index (χ4n) is 3.94. The standard InChI is InChI=1S/C26H39NO7/c1-18(17-33-25(31)27-14-11-22(29)16-27)7-5-8-19(2)24-20(3)9-6-12-26(4,32)13-10-21(28)15-23(30)34-24/h5-9,18,20-21,24,28,32H,10-17H2,1-4H3/b7-5+,9-6+,19-8+/t18-,20+,21-,24-,26+/m1/s1. The highest BCUT2D eigenvalue weighted by molar-refractivity contribution is 5.87. The number of aliphatic hydroxyl groups excluding tert-OH is 1. The number of rotatable bonds is 5. The smallest absolute Gasteiger partial charge is 0.410 e. The summed E-state index contributed by atoms with van der Waals surface area (Å²) in [7, 11) is 0. The van der Waals surface area contributed by atoms with Gasteiger partial charge in [0.2, 0.25) is 0 Å². The van der Waals surface area contributed by atoms with E-state index in [1.54, 1.807) is 6.92 Å². The summed E-state index contributed by atoms with van der Waals surface area (Å²) in [4.78, 5) is 37.1. The largest absolute Gasteiger partial charge is 0.457 e. The number of ether oxygens (including phenoxy) is 2. The van der Waals surface area contributed by atoms with Crippen LogP contribution in [0.3, 0.4) is 0 Å². The van der Waals surface area contributed by atoms with Crippen molar-refractivity contribution in [1.29, 1.82) is 0 Å². The molecule has 0 aromatic heterocycles. The number of ketones is 1. The van der Waals surface area contributed by atoms with Gasteiger partial charge in [-0.3, -0.25) is 9.59 Å². The van der Waals surface area contributed by atoms with Crippen LogP contribution in [0.4, 0.5) is 4.79 Å². The van der Waals surface area contributed by atoms with Gasteiger partial charge in [0.25, 0.3) is 0 Å². The number of esters is 1. The normalized spacial score (nSPS) is 31.5. The zero-order valence-corrected chi connectivity index (χ0v) is 20.7. The van der Waals surface area contributed by atoms with Crippen LogP contribution < -0.4 is 0 Å². The van der Waals surface area contributed by atoms with E-state index in [2.05, 4.69) is 0 Å². The first kappa shape index (κ1) is 27.8. The maximum atomic E-state index is 12.4. The van der Waals surface area contributed by atoms with Crippen molar-refractivity contribution in [3.63, 3.8) is 0 Å². The van der Waals surface area contributed by atoms with Gasteiger partial charge in [0.1, 0.15) is 6.10 Å². The molecule has 8 nitrogen and oxygen atoms in total. The van der Waals surface area contributed by atoms with Crippen LogP contribution in [-0.4, -0.2) is 70.5 Å². The highest BCUT2D eigenvalue weighted by Crippen LogP contribution is 2.24. The van der Waals surface area contributed by atoms with Crippen LogP contribution in [0, 0.1) is 11.8 Å². The average Bonchev–Trinajstić information content (AvgIpc) is 3.20. The van der Waals surface area contributed by atoms with Gasteiger partial charge >= 0.3 is 12.1 Å². The Hall–Kier alpha value is -2.45. The van der Waals surface area contributed by atoms with Crippen LogP contribution in [0.25, 0.3) is 0 Å². The Morgan fingerprint density at radius 2 is 2.15 bits per heavy atom. The molecular formula is C26H39NO7. The number of carbonyl (C=O) groups is 3. The number of hydrogen-bond acceptors (Lipinski definition) is 7. The van der Waals surface area contributed by atoms with E-state index in [0.29, 0.717) is 32.2 Å². The second kappa shape index (κ2) is 12.9. The van der Waals surface area contributed by atoms with Gasteiger partial charge < -0.3 is 24.6 Å². The zero-order chi connectivity index (χ0) is 25.3.